The highest BCUT2D eigenvalue weighted by Gasteiger charge is 2.59. The Balaban J connectivity index is 1.43. The van der Waals surface area contributed by atoms with E-state index in [1.54, 1.807) is 31.2 Å². The van der Waals surface area contributed by atoms with Gasteiger partial charge in [-0.1, -0.05) is 24.3 Å². The summed E-state index contributed by atoms with van der Waals surface area (Å²) >= 11 is 0. The number of nitrogens with zero attached hydrogens (tertiary/aromatic N) is 2. The number of carbonyl (C=O) groups excluding carboxylic acids is 3. The lowest BCUT2D eigenvalue weighted by Crippen LogP contribution is -2.28. The van der Waals surface area contributed by atoms with Crippen LogP contribution in [0.4, 0.5) is 0 Å². The van der Waals surface area contributed by atoms with Crippen molar-refractivity contribution in [2.45, 2.75) is 13.3 Å². The van der Waals surface area contributed by atoms with E-state index in [1.807, 2.05) is 0 Å². The molecule has 3 aliphatic rings. The Morgan fingerprint density at radius 1 is 1.22 bits per heavy atom. The molecule has 0 unspecified atom stereocenters. The number of carbonyl (C=O) groups is 3. The second kappa shape index (κ2) is 6.98. The molecule has 27 heavy (non-hydrogen) atoms. The molecule has 2 bridgehead atoms. The largest absolute Gasteiger partial charge is 0.482 e. The molecular formula is C20H20N2O5. The molecule has 1 aliphatic heterocycles. The Bertz CT molecular complexity index is 817. The zero-order chi connectivity index (χ0) is 19.0. The SMILES string of the molecule is CCOC(=O)COc1cccc(C=NN2C(=O)[C@@H]3[C@H](C2=O)[C@H]2C=C[C@H]3C2)c1. The number of amides is 2. The monoisotopic (exact) mass is 368 g/mol. The molecule has 2 fully saturated rings. The summed E-state index contributed by atoms with van der Waals surface area (Å²) in [6.07, 6.45) is 6.46. The fourth-order valence-corrected chi connectivity index (χ4v) is 4.15. The van der Waals surface area contributed by atoms with Crippen LogP contribution in [0.2, 0.25) is 0 Å². The smallest absolute Gasteiger partial charge is 0.344 e. The van der Waals surface area contributed by atoms with Gasteiger partial charge in [-0.05, 0) is 42.9 Å². The minimum atomic E-state index is -0.445. The average Bonchev–Trinajstić information content (AvgIpc) is 3.34. The maximum atomic E-state index is 12.6. The normalized spacial score (nSPS) is 28.3. The number of fused-ring (bicyclic) bond motifs is 5. The van der Waals surface area contributed by atoms with Gasteiger partial charge in [-0.15, -0.1) is 0 Å². The van der Waals surface area contributed by atoms with Crippen LogP contribution < -0.4 is 4.74 Å². The summed E-state index contributed by atoms with van der Waals surface area (Å²) in [5.41, 5.74) is 0.662. The van der Waals surface area contributed by atoms with Gasteiger partial charge in [0, 0.05) is 0 Å². The van der Waals surface area contributed by atoms with Crippen LogP contribution >= 0.6 is 0 Å². The lowest BCUT2D eigenvalue weighted by atomic mass is 9.85. The Morgan fingerprint density at radius 3 is 2.59 bits per heavy atom. The molecule has 4 atom stereocenters. The predicted octanol–water partition coefficient (Wildman–Crippen LogP) is 1.77. The molecule has 0 N–H and O–H groups in total. The van der Waals surface area contributed by atoms with Gasteiger partial charge in [-0.3, -0.25) is 9.59 Å². The second-order valence-corrected chi connectivity index (χ2v) is 6.90. The van der Waals surface area contributed by atoms with Gasteiger partial charge < -0.3 is 9.47 Å². The standard InChI is InChI=1S/C20H20N2O5/c1-2-26-16(23)11-27-15-5-3-4-12(8-15)10-21-22-19(24)17-13-6-7-14(9-13)18(17)20(22)25/h3-8,10,13-14,17-18H,2,9,11H2,1H3/t13-,14-,17-,18+/m0/s1. The van der Waals surface area contributed by atoms with E-state index in [0.717, 1.165) is 11.4 Å². The average molecular weight is 368 g/mol. The lowest BCUT2D eigenvalue weighted by molar-refractivity contribution is -0.145. The third-order valence-corrected chi connectivity index (χ3v) is 5.29. The van der Waals surface area contributed by atoms with Gasteiger partial charge in [0.2, 0.25) is 0 Å². The van der Waals surface area contributed by atoms with Crippen LogP contribution in [0.1, 0.15) is 18.9 Å². The molecule has 7 nitrogen and oxygen atoms in total. The highest BCUT2D eigenvalue weighted by atomic mass is 16.6. The number of benzene rings is 1. The first kappa shape index (κ1) is 17.5. The van der Waals surface area contributed by atoms with Gasteiger partial charge in [-0.2, -0.15) is 10.1 Å². The Labute approximate surface area is 156 Å². The number of esters is 1. The van der Waals surface area contributed by atoms with Crippen molar-refractivity contribution >= 4 is 24.0 Å². The zero-order valence-electron chi connectivity index (χ0n) is 14.9. The third kappa shape index (κ3) is 3.13. The molecule has 1 saturated carbocycles. The summed E-state index contributed by atoms with van der Waals surface area (Å²) in [7, 11) is 0. The number of hydrogen-bond acceptors (Lipinski definition) is 6. The van der Waals surface area contributed by atoms with Gasteiger partial charge in [0.05, 0.1) is 24.7 Å². The Hall–Kier alpha value is -2.96. The number of imide groups is 1. The number of allylic oxidation sites excluding steroid dienone is 2. The maximum Gasteiger partial charge on any atom is 0.344 e. The van der Waals surface area contributed by atoms with E-state index >= 15 is 0 Å². The first-order valence-corrected chi connectivity index (χ1v) is 9.07. The molecule has 0 aromatic heterocycles. The Morgan fingerprint density at radius 2 is 1.93 bits per heavy atom. The van der Waals surface area contributed by atoms with E-state index in [9.17, 15) is 14.4 Å². The van der Waals surface area contributed by atoms with Crippen molar-refractivity contribution in [3.63, 3.8) is 0 Å². The summed E-state index contributed by atoms with van der Waals surface area (Å²) in [6, 6.07) is 6.91. The van der Waals surface area contributed by atoms with E-state index < -0.39 is 5.97 Å². The first-order chi connectivity index (χ1) is 13.1. The van der Waals surface area contributed by atoms with Crippen molar-refractivity contribution in [2.24, 2.45) is 28.8 Å². The van der Waals surface area contributed by atoms with Gasteiger partial charge in [0.15, 0.2) is 6.61 Å². The summed E-state index contributed by atoms with van der Waals surface area (Å²) in [6.45, 7) is 1.84. The Kier molecular flexibility index (Phi) is 4.51. The van der Waals surface area contributed by atoms with Crippen LogP contribution in [0.25, 0.3) is 0 Å². The maximum absolute atomic E-state index is 12.6. The topological polar surface area (TPSA) is 85.3 Å². The lowest BCUT2D eigenvalue weighted by Gasteiger charge is -2.13. The fourth-order valence-electron chi connectivity index (χ4n) is 4.15. The fraction of sp³-hybridized carbons (Fsp3) is 0.400. The van der Waals surface area contributed by atoms with E-state index in [4.69, 9.17) is 9.47 Å². The van der Waals surface area contributed by atoms with E-state index in [1.165, 1.54) is 6.21 Å². The highest BCUT2D eigenvalue weighted by Crippen LogP contribution is 2.52. The first-order valence-electron chi connectivity index (χ1n) is 9.07. The molecule has 2 amide bonds. The van der Waals surface area contributed by atoms with Crippen molar-refractivity contribution in [2.75, 3.05) is 13.2 Å². The van der Waals surface area contributed by atoms with E-state index in [-0.39, 0.29) is 42.1 Å². The minimum Gasteiger partial charge on any atom is -0.482 e. The van der Waals surface area contributed by atoms with Crippen LogP contribution in [-0.4, -0.2) is 42.2 Å². The van der Waals surface area contributed by atoms with Gasteiger partial charge >= 0.3 is 5.97 Å². The van der Waals surface area contributed by atoms with Crippen molar-refractivity contribution in [1.82, 2.24) is 5.01 Å². The molecule has 1 aromatic rings. The molecule has 7 heteroatoms. The van der Waals surface area contributed by atoms with E-state index in [2.05, 4.69) is 17.3 Å². The molecule has 0 radical (unpaired) electrons. The summed E-state index contributed by atoms with van der Waals surface area (Å²) in [5.74, 6) is -0.592. The summed E-state index contributed by atoms with van der Waals surface area (Å²) in [4.78, 5) is 36.6. The van der Waals surface area contributed by atoms with Crippen LogP contribution in [0.5, 0.6) is 5.75 Å². The molecular weight excluding hydrogens is 348 g/mol. The third-order valence-electron chi connectivity index (χ3n) is 5.29. The highest BCUT2D eigenvalue weighted by molar-refractivity contribution is 6.06. The molecule has 0 spiro atoms. The van der Waals surface area contributed by atoms with Crippen molar-refractivity contribution < 1.29 is 23.9 Å². The number of hydrogen-bond donors (Lipinski definition) is 0. The van der Waals surface area contributed by atoms with Crippen molar-refractivity contribution in [3.8, 4) is 5.75 Å². The number of hydrazone groups is 1. The summed E-state index contributed by atoms with van der Waals surface area (Å²) in [5, 5.41) is 5.14. The van der Waals surface area contributed by atoms with Crippen LogP contribution in [0.15, 0.2) is 41.5 Å². The minimum absolute atomic E-state index is 0.163. The van der Waals surface area contributed by atoms with Crippen LogP contribution in [0.3, 0.4) is 0 Å². The molecule has 1 heterocycles. The van der Waals surface area contributed by atoms with Gasteiger partial charge in [0.1, 0.15) is 5.75 Å². The quantitative estimate of drug-likeness (QED) is 0.331. The second-order valence-electron chi connectivity index (χ2n) is 6.90. The van der Waals surface area contributed by atoms with Gasteiger partial charge in [-0.25, -0.2) is 4.79 Å². The zero-order valence-corrected chi connectivity index (χ0v) is 14.9. The molecule has 140 valence electrons. The summed E-state index contributed by atoms with van der Waals surface area (Å²) < 4.78 is 10.2. The molecule has 2 aliphatic carbocycles. The van der Waals surface area contributed by atoms with Crippen molar-refractivity contribution in [3.05, 3.63) is 42.0 Å². The number of ether oxygens (including phenoxy) is 2. The molecule has 4 rings (SSSR count). The predicted molar refractivity (Wildman–Crippen MR) is 95.7 cm³/mol. The van der Waals surface area contributed by atoms with Crippen LogP contribution in [-0.2, 0) is 19.1 Å². The van der Waals surface area contributed by atoms with E-state index in [0.29, 0.717) is 17.9 Å². The van der Waals surface area contributed by atoms with Crippen LogP contribution in [0, 0.1) is 23.7 Å². The number of rotatable bonds is 6. The molecule has 1 saturated heterocycles. The van der Waals surface area contributed by atoms with Crippen molar-refractivity contribution in [1.29, 1.82) is 0 Å². The molecule has 1 aromatic carbocycles. The van der Waals surface area contributed by atoms with Gasteiger partial charge in [0.25, 0.3) is 11.8 Å².